The number of benzene rings is 3. The third kappa shape index (κ3) is 5.50. The quantitative estimate of drug-likeness (QED) is 0.375. The molecular weight excluding hydrogens is 434 g/mol. The number of nitrogens with one attached hydrogen (secondary N) is 1. The first-order chi connectivity index (χ1) is 16.4. The number of carboxylic acids is 1. The Kier molecular flexibility index (Phi) is 8.16. The van der Waals surface area contributed by atoms with Crippen molar-refractivity contribution in [3.05, 3.63) is 71.3 Å². The van der Waals surface area contributed by atoms with Crippen LogP contribution in [0.2, 0.25) is 0 Å². The Morgan fingerprint density at radius 3 is 2.15 bits per heavy atom. The van der Waals surface area contributed by atoms with Gasteiger partial charge >= 0.3 is 5.97 Å². The van der Waals surface area contributed by atoms with Gasteiger partial charge in [0, 0.05) is 0 Å². The highest BCUT2D eigenvalue weighted by molar-refractivity contribution is 5.83. The number of aliphatic carboxylic acids is 1. The lowest BCUT2D eigenvalue weighted by atomic mass is 9.96. The van der Waals surface area contributed by atoms with Crippen LogP contribution < -0.4 is 19.5 Å². The fourth-order valence-electron chi connectivity index (χ4n) is 3.63. The normalized spacial score (nSPS) is 11.8. The van der Waals surface area contributed by atoms with Gasteiger partial charge in [-0.15, -0.1) is 0 Å². The molecule has 3 aromatic carbocycles. The number of methoxy groups -OCH3 is 3. The smallest absolute Gasteiger partial charge is 0.328 e. The van der Waals surface area contributed by atoms with Gasteiger partial charge in [0.15, 0.2) is 0 Å². The van der Waals surface area contributed by atoms with Crippen molar-refractivity contribution in [2.75, 3.05) is 33.3 Å². The van der Waals surface area contributed by atoms with E-state index in [1.54, 1.807) is 19.2 Å². The summed E-state index contributed by atoms with van der Waals surface area (Å²) in [4.78, 5) is 11.3. The summed E-state index contributed by atoms with van der Waals surface area (Å²) in [7, 11) is 4.63. The molecule has 3 rings (SSSR count). The van der Waals surface area contributed by atoms with Crippen molar-refractivity contribution >= 4 is 23.8 Å². The molecule has 3 N–H and O–H groups in total. The van der Waals surface area contributed by atoms with E-state index in [0.29, 0.717) is 17.2 Å². The zero-order chi connectivity index (χ0) is 24.7. The van der Waals surface area contributed by atoms with Crippen LogP contribution in [-0.4, -0.2) is 50.2 Å². The lowest BCUT2D eigenvalue weighted by molar-refractivity contribution is -0.138. The predicted octanol–water partition coefficient (Wildman–Crippen LogP) is 4.72. The standard InChI is InChI=1S/C27H29NO6/c1-17-19(6-5-7-22(17)20-10-12-21(32-2)13-11-20)9-8-18-14-24(33-3)26(25(15-18)34-4)28-23(16-29)27(30)31/h5-15,23,28-29H,16H2,1-4H3,(H,30,31)/b9-8+/t23-/m0/s1. The van der Waals surface area contributed by atoms with Crippen molar-refractivity contribution in [2.24, 2.45) is 0 Å². The van der Waals surface area contributed by atoms with Gasteiger partial charge in [-0.2, -0.15) is 0 Å². The number of hydrogen-bond donors (Lipinski definition) is 3. The molecule has 0 saturated carbocycles. The van der Waals surface area contributed by atoms with E-state index >= 15 is 0 Å². The number of anilines is 1. The summed E-state index contributed by atoms with van der Waals surface area (Å²) in [5, 5.41) is 21.4. The van der Waals surface area contributed by atoms with Gasteiger partial charge in [-0.05, 0) is 59.0 Å². The molecule has 0 aliphatic heterocycles. The lowest BCUT2D eigenvalue weighted by Gasteiger charge is -2.19. The maximum Gasteiger partial charge on any atom is 0.328 e. The van der Waals surface area contributed by atoms with Gasteiger partial charge in [0.25, 0.3) is 0 Å². The fourth-order valence-corrected chi connectivity index (χ4v) is 3.63. The van der Waals surface area contributed by atoms with Crippen LogP contribution in [0.1, 0.15) is 16.7 Å². The minimum Gasteiger partial charge on any atom is -0.497 e. The molecule has 0 radical (unpaired) electrons. The Morgan fingerprint density at radius 2 is 1.62 bits per heavy atom. The number of aliphatic hydroxyl groups is 1. The van der Waals surface area contributed by atoms with Gasteiger partial charge in [0.2, 0.25) is 0 Å². The molecule has 7 nitrogen and oxygen atoms in total. The van der Waals surface area contributed by atoms with Crippen molar-refractivity contribution in [1.82, 2.24) is 0 Å². The van der Waals surface area contributed by atoms with E-state index in [1.807, 2.05) is 48.6 Å². The number of hydrogen-bond acceptors (Lipinski definition) is 6. The predicted molar refractivity (Wildman–Crippen MR) is 134 cm³/mol. The molecule has 1 atom stereocenters. The number of rotatable bonds is 10. The van der Waals surface area contributed by atoms with Crippen LogP contribution in [0.3, 0.4) is 0 Å². The summed E-state index contributed by atoms with van der Waals surface area (Å²) in [5.41, 5.74) is 5.59. The summed E-state index contributed by atoms with van der Waals surface area (Å²) in [5.74, 6) is 0.444. The lowest BCUT2D eigenvalue weighted by Crippen LogP contribution is -2.33. The van der Waals surface area contributed by atoms with Crippen LogP contribution in [0.25, 0.3) is 23.3 Å². The zero-order valence-corrected chi connectivity index (χ0v) is 19.7. The van der Waals surface area contributed by atoms with Gasteiger partial charge in [-0.1, -0.05) is 42.5 Å². The van der Waals surface area contributed by atoms with Gasteiger partial charge < -0.3 is 29.7 Å². The monoisotopic (exact) mass is 463 g/mol. The second kappa shape index (κ2) is 11.2. The van der Waals surface area contributed by atoms with Gasteiger partial charge in [-0.25, -0.2) is 4.79 Å². The largest absolute Gasteiger partial charge is 0.497 e. The van der Waals surface area contributed by atoms with E-state index in [0.717, 1.165) is 33.6 Å². The molecule has 0 aromatic heterocycles. The third-order valence-corrected chi connectivity index (χ3v) is 5.56. The molecule has 0 heterocycles. The fraction of sp³-hybridized carbons (Fsp3) is 0.222. The van der Waals surface area contributed by atoms with Crippen molar-refractivity contribution in [3.63, 3.8) is 0 Å². The van der Waals surface area contributed by atoms with Crippen LogP contribution in [0.5, 0.6) is 17.2 Å². The Bertz CT molecular complexity index is 1150. The molecule has 3 aromatic rings. The summed E-state index contributed by atoms with van der Waals surface area (Å²) < 4.78 is 16.2. The first-order valence-electron chi connectivity index (χ1n) is 10.7. The van der Waals surface area contributed by atoms with Crippen LogP contribution in [0.4, 0.5) is 5.69 Å². The highest BCUT2D eigenvalue weighted by Gasteiger charge is 2.21. The van der Waals surface area contributed by atoms with Crippen molar-refractivity contribution in [2.45, 2.75) is 13.0 Å². The number of ether oxygens (including phenoxy) is 3. The van der Waals surface area contributed by atoms with Crippen molar-refractivity contribution in [3.8, 4) is 28.4 Å². The third-order valence-electron chi connectivity index (χ3n) is 5.56. The van der Waals surface area contributed by atoms with Crippen molar-refractivity contribution in [1.29, 1.82) is 0 Å². The second-order valence-electron chi connectivity index (χ2n) is 7.60. The highest BCUT2D eigenvalue weighted by atomic mass is 16.5. The maximum absolute atomic E-state index is 11.3. The average Bonchev–Trinajstić information content (AvgIpc) is 2.86. The Morgan fingerprint density at radius 1 is 0.971 bits per heavy atom. The highest BCUT2D eigenvalue weighted by Crippen LogP contribution is 2.37. The van der Waals surface area contributed by atoms with Gasteiger partial charge in [-0.3, -0.25) is 0 Å². The molecule has 0 spiro atoms. The summed E-state index contributed by atoms with van der Waals surface area (Å²) >= 11 is 0. The van der Waals surface area contributed by atoms with Crippen LogP contribution in [0, 0.1) is 6.92 Å². The molecule has 178 valence electrons. The molecule has 0 aliphatic rings. The Labute approximate surface area is 199 Å². The van der Waals surface area contributed by atoms with Gasteiger partial charge in [0.1, 0.15) is 29.0 Å². The Balaban J connectivity index is 1.94. The molecule has 0 saturated heterocycles. The topological polar surface area (TPSA) is 97.2 Å². The minimum atomic E-state index is -1.19. The van der Waals surface area contributed by atoms with Crippen molar-refractivity contribution < 1.29 is 29.2 Å². The van der Waals surface area contributed by atoms with E-state index < -0.39 is 18.6 Å². The van der Waals surface area contributed by atoms with Gasteiger partial charge in [0.05, 0.1) is 27.9 Å². The minimum absolute atomic E-state index is 0.362. The SMILES string of the molecule is COc1ccc(-c2cccc(/C=C/c3cc(OC)c(N[C@@H](CO)C(=O)O)c(OC)c3)c2C)cc1. The van der Waals surface area contributed by atoms with Crippen LogP contribution in [-0.2, 0) is 4.79 Å². The number of carboxylic acid groups (broad SMARTS) is 1. The molecule has 0 unspecified atom stereocenters. The molecule has 7 heteroatoms. The maximum atomic E-state index is 11.3. The number of aliphatic hydroxyl groups excluding tert-OH is 1. The zero-order valence-electron chi connectivity index (χ0n) is 19.7. The number of carbonyl (C=O) groups is 1. The van der Waals surface area contributed by atoms with Crippen LogP contribution >= 0.6 is 0 Å². The average molecular weight is 464 g/mol. The molecule has 0 aliphatic carbocycles. The summed E-state index contributed by atoms with van der Waals surface area (Å²) in [6.07, 6.45) is 3.95. The summed E-state index contributed by atoms with van der Waals surface area (Å²) in [6, 6.07) is 16.5. The first kappa shape index (κ1) is 24.7. The van der Waals surface area contributed by atoms with E-state index in [-0.39, 0.29) is 0 Å². The Hall–Kier alpha value is -3.97. The first-order valence-corrected chi connectivity index (χ1v) is 10.7. The van der Waals surface area contributed by atoms with E-state index in [4.69, 9.17) is 14.2 Å². The van der Waals surface area contributed by atoms with E-state index in [2.05, 4.69) is 18.3 Å². The molecular formula is C27H29NO6. The molecule has 34 heavy (non-hydrogen) atoms. The second-order valence-corrected chi connectivity index (χ2v) is 7.60. The van der Waals surface area contributed by atoms with Crippen LogP contribution in [0.15, 0.2) is 54.6 Å². The molecule has 0 amide bonds. The molecule has 0 fully saturated rings. The molecule has 0 bridgehead atoms. The van der Waals surface area contributed by atoms with E-state index in [9.17, 15) is 15.0 Å². The van der Waals surface area contributed by atoms with E-state index in [1.165, 1.54) is 14.2 Å². The summed E-state index contributed by atoms with van der Waals surface area (Å²) in [6.45, 7) is 1.50.